The smallest absolute Gasteiger partial charge is 0.389 e. The van der Waals surface area contributed by atoms with Gasteiger partial charge in [0.05, 0.1) is 0 Å². The molecule has 0 aromatic rings. The lowest BCUT2D eigenvalue weighted by molar-refractivity contribution is -0.150. The molecule has 0 aromatic carbocycles. The van der Waals surface area contributed by atoms with Crippen molar-refractivity contribution in [2.24, 2.45) is 11.8 Å². The lowest BCUT2D eigenvalue weighted by Crippen LogP contribution is -2.22. The van der Waals surface area contributed by atoms with E-state index in [4.69, 9.17) is 5.11 Å². The predicted molar refractivity (Wildman–Crippen MR) is 36.1 cm³/mol. The molecule has 0 heterocycles. The normalized spacial score (nSPS) is 15.5. The highest BCUT2D eigenvalue weighted by atomic mass is 19.4. The van der Waals surface area contributed by atoms with Crippen LogP contribution in [-0.2, 0) is 0 Å². The van der Waals surface area contributed by atoms with Crippen molar-refractivity contribution < 1.29 is 18.3 Å². The fourth-order valence-electron chi connectivity index (χ4n) is 0.808. The Morgan fingerprint density at radius 3 is 1.82 bits per heavy atom. The molecule has 0 saturated heterocycles. The molecule has 0 unspecified atom stereocenters. The summed E-state index contributed by atoms with van der Waals surface area (Å²) in [5.74, 6) is -0.781. The zero-order valence-electron chi connectivity index (χ0n) is 6.65. The number of aliphatic hydroxyl groups excluding tert-OH is 1. The van der Waals surface area contributed by atoms with E-state index in [0.717, 1.165) is 0 Å². The Hall–Kier alpha value is -0.250. The molecule has 1 atom stereocenters. The van der Waals surface area contributed by atoms with Crippen molar-refractivity contribution >= 4 is 0 Å². The lowest BCUT2D eigenvalue weighted by atomic mass is 9.93. The van der Waals surface area contributed by atoms with E-state index >= 15 is 0 Å². The summed E-state index contributed by atoms with van der Waals surface area (Å²) in [7, 11) is 0. The van der Waals surface area contributed by atoms with Gasteiger partial charge in [0.2, 0.25) is 0 Å². The van der Waals surface area contributed by atoms with E-state index in [0.29, 0.717) is 0 Å². The van der Waals surface area contributed by atoms with Crippen LogP contribution in [0.5, 0.6) is 0 Å². The van der Waals surface area contributed by atoms with Gasteiger partial charge in [0.1, 0.15) is 0 Å². The second-order valence-corrected chi connectivity index (χ2v) is 3.01. The van der Waals surface area contributed by atoms with E-state index in [1.165, 1.54) is 0 Å². The van der Waals surface area contributed by atoms with E-state index in [1.807, 2.05) is 0 Å². The highest BCUT2D eigenvalue weighted by Crippen LogP contribution is 2.28. The van der Waals surface area contributed by atoms with Crippen LogP contribution in [0.25, 0.3) is 0 Å². The largest absolute Gasteiger partial charge is 0.396 e. The van der Waals surface area contributed by atoms with Gasteiger partial charge < -0.3 is 5.11 Å². The highest BCUT2D eigenvalue weighted by Gasteiger charge is 2.32. The van der Waals surface area contributed by atoms with Gasteiger partial charge in [-0.25, -0.2) is 0 Å². The fourth-order valence-corrected chi connectivity index (χ4v) is 0.808. The number of hydrogen-bond donors (Lipinski definition) is 1. The summed E-state index contributed by atoms with van der Waals surface area (Å²) in [4.78, 5) is 0. The van der Waals surface area contributed by atoms with E-state index in [1.54, 1.807) is 13.8 Å². The quantitative estimate of drug-likeness (QED) is 0.688. The van der Waals surface area contributed by atoms with Crippen molar-refractivity contribution in [3.05, 3.63) is 0 Å². The summed E-state index contributed by atoms with van der Waals surface area (Å²) in [5, 5.41) is 8.56. The molecular formula is C7H13F3O. The van der Waals surface area contributed by atoms with Gasteiger partial charge in [-0.3, -0.25) is 0 Å². The molecule has 0 fully saturated rings. The minimum atomic E-state index is -4.16. The van der Waals surface area contributed by atoms with Gasteiger partial charge in [-0.05, 0) is 11.8 Å². The molecule has 11 heavy (non-hydrogen) atoms. The monoisotopic (exact) mass is 170 g/mol. The van der Waals surface area contributed by atoms with Crippen LogP contribution in [0.15, 0.2) is 0 Å². The minimum absolute atomic E-state index is 0.123. The second kappa shape index (κ2) is 3.95. The maximum Gasteiger partial charge on any atom is 0.389 e. The number of alkyl halides is 3. The van der Waals surface area contributed by atoms with Crippen LogP contribution in [0.2, 0.25) is 0 Å². The molecule has 0 radical (unpaired) electrons. The van der Waals surface area contributed by atoms with E-state index < -0.39 is 25.1 Å². The molecular weight excluding hydrogens is 157 g/mol. The van der Waals surface area contributed by atoms with Crippen molar-refractivity contribution in [2.75, 3.05) is 6.61 Å². The van der Waals surface area contributed by atoms with E-state index in [9.17, 15) is 13.2 Å². The summed E-state index contributed by atoms with van der Waals surface area (Å²) in [5.41, 5.74) is 0. The number of aliphatic hydroxyl groups is 1. The van der Waals surface area contributed by atoms with E-state index in [2.05, 4.69) is 0 Å². The topological polar surface area (TPSA) is 20.2 Å². The first-order valence-corrected chi connectivity index (χ1v) is 3.54. The number of halogens is 3. The maximum atomic E-state index is 11.7. The third-order valence-electron chi connectivity index (χ3n) is 1.67. The van der Waals surface area contributed by atoms with E-state index in [-0.39, 0.29) is 5.92 Å². The molecule has 0 aliphatic rings. The fraction of sp³-hybridized carbons (Fsp3) is 1.00. The molecule has 0 aliphatic carbocycles. The van der Waals surface area contributed by atoms with Crippen LogP contribution in [0.4, 0.5) is 13.2 Å². The summed E-state index contributed by atoms with van der Waals surface area (Å²) in [6, 6.07) is 0. The zero-order chi connectivity index (χ0) is 9.07. The summed E-state index contributed by atoms with van der Waals surface area (Å²) < 4.78 is 35.2. The van der Waals surface area contributed by atoms with Crippen LogP contribution in [0.3, 0.4) is 0 Å². The van der Waals surface area contributed by atoms with Gasteiger partial charge >= 0.3 is 6.18 Å². The first-order chi connectivity index (χ1) is 4.87. The van der Waals surface area contributed by atoms with Crippen LogP contribution in [0, 0.1) is 11.8 Å². The molecule has 0 aromatic heterocycles. The molecule has 1 N–H and O–H groups in total. The van der Waals surface area contributed by atoms with Gasteiger partial charge in [-0.2, -0.15) is 13.2 Å². The molecule has 68 valence electrons. The van der Waals surface area contributed by atoms with Gasteiger partial charge in [0.25, 0.3) is 0 Å². The molecule has 0 saturated carbocycles. The van der Waals surface area contributed by atoms with Crippen LogP contribution in [0.1, 0.15) is 20.3 Å². The lowest BCUT2D eigenvalue weighted by Gasteiger charge is -2.19. The molecule has 4 heteroatoms. The Balaban J connectivity index is 3.88. The van der Waals surface area contributed by atoms with Crippen molar-refractivity contribution in [3.8, 4) is 0 Å². The van der Waals surface area contributed by atoms with Crippen molar-refractivity contribution in [1.82, 2.24) is 0 Å². The van der Waals surface area contributed by atoms with Crippen LogP contribution in [-0.4, -0.2) is 17.9 Å². The molecule has 0 bridgehead atoms. The highest BCUT2D eigenvalue weighted by molar-refractivity contribution is 4.65. The summed E-state index contributed by atoms with van der Waals surface area (Å²) in [6.45, 7) is 2.95. The third kappa shape index (κ3) is 5.07. The Kier molecular flexibility index (Phi) is 3.86. The van der Waals surface area contributed by atoms with Crippen molar-refractivity contribution in [2.45, 2.75) is 26.4 Å². The minimum Gasteiger partial charge on any atom is -0.396 e. The Morgan fingerprint density at radius 1 is 1.27 bits per heavy atom. The number of rotatable bonds is 3. The summed E-state index contributed by atoms with van der Waals surface area (Å²) in [6.07, 6.45) is -5.04. The standard InChI is InChI=1S/C7H13F3O/c1-5(2)6(4-11)3-7(8,9)10/h5-6,11H,3-4H2,1-2H3/t6-/m1/s1. The van der Waals surface area contributed by atoms with Gasteiger partial charge in [0.15, 0.2) is 0 Å². The van der Waals surface area contributed by atoms with Crippen LogP contribution < -0.4 is 0 Å². The van der Waals surface area contributed by atoms with Crippen LogP contribution >= 0.6 is 0 Å². The average molecular weight is 170 g/mol. The molecule has 0 spiro atoms. The SMILES string of the molecule is CC(C)[C@@H](CO)CC(F)(F)F. The Bertz CT molecular complexity index is 109. The van der Waals surface area contributed by atoms with Crippen molar-refractivity contribution in [1.29, 1.82) is 0 Å². The molecule has 0 amide bonds. The molecule has 1 nitrogen and oxygen atoms in total. The number of hydrogen-bond acceptors (Lipinski definition) is 1. The summed E-state index contributed by atoms with van der Waals surface area (Å²) >= 11 is 0. The average Bonchev–Trinajstić information content (AvgIpc) is 1.80. The van der Waals surface area contributed by atoms with Gasteiger partial charge in [-0.15, -0.1) is 0 Å². The Morgan fingerprint density at radius 2 is 1.73 bits per heavy atom. The predicted octanol–water partition coefficient (Wildman–Crippen LogP) is 2.20. The second-order valence-electron chi connectivity index (χ2n) is 3.01. The van der Waals surface area contributed by atoms with Crippen molar-refractivity contribution in [3.63, 3.8) is 0 Å². The maximum absolute atomic E-state index is 11.7. The zero-order valence-corrected chi connectivity index (χ0v) is 6.65. The third-order valence-corrected chi connectivity index (χ3v) is 1.67. The first kappa shape index (κ1) is 10.8. The van der Waals surface area contributed by atoms with Gasteiger partial charge in [0, 0.05) is 13.0 Å². The Labute approximate surface area is 64.2 Å². The van der Waals surface area contributed by atoms with Gasteiger partial charge in [-0.1, -0.05) is 13.8 Å². The molecule has 0 aliphatic heterocycles. The first-order valence-electron chi connectivity index (χ1n) is 3.54. The molecule has 0 rings (SSSR count).